The Kier molecular flexibility index (Phi) is 6.49. The third kappa shape index (κ3) is 4.77. The Hall–Kier alpha value is -3.01. The molecule has 2 aromatic carbocycles. The molecule has 5 rings (SSSR count). The van der Waals surface area contributed by atoms with E-state index in [4.69, 9.17) is 15.4 Å². The van der Waals surface area contributed by atoms with Crippen LogP contribution in [0.3, 0.4) is 0 Å². The van der Waals surface area contributed by atoms with Crippen LogP contribution in [-0.4, -0.2) is 76.9 Å². The molecule has 180 valence electrons. The Morgan fingerprint density at radius 1 is 1.09 bits per heavy atom. The Labute approximate surface area is 197 Å². The van der Waals surface area contributed by atoms with Gasteiger partial charge in [-0.2, -0.15) is 4.98 Å². The summed E-state index contributed by atoms with van der Waals surface area (Å²) in [5.74, 6) is 0.897. The summed E-state index contributed by atoms with van der Waals surface area (Å²) in [4.78, 5) is 8.73. The van der Waals surface area contributed by atoms with Crippen molar-refractivity contribution in [1.82, 2.24) is 15.0 Å². The van der Waals surface area contributed by atoms with Gasteiger partial charge in [0.25, 0.3) is 5.89 Å². The second kappa shape index (κ2) is 9.69. The quantitative estimate of drug-likeness (QED) is 0.474. The van der Waals surface area contributed by atoms with Crippen LogP contribution in [0, 0.1) is 0 Å². The highest BCUT2D eigenvalue weighted by Crippen LogP contribution is 2.32. The van der Waals surface area contributed by atoms with Gasteiger partial charge in [-0.25, -0.2) is 4.39 Å². The standard InChI is InChI=1S/C25H30FN5O3/c26-20-7-10-31(13-20)23-4-3-19(12-22(23)27)25-28-24(29-34-25)18-2-1-16-5-8-30(14-21(33)15-32)9-6-17(16)11-18/h1-4,11-12,20-21,32-33H,5-10,13-15,27H2. The number of nitrogens with zero attached hydrogens (tertiary/aromatic N) is 4. The number of β-amino-alcohol motifs (C(OH)–C–C–N with tert-alkyl or cyclic N) is 1. The fourth-order valence-electron chi connectivity index (χ4n) is 4.82. The second-order valence-corrected chi connectivity index (χ2v) is 9.15. The molecule has 2 aliphatic heterocycles. The molecule has 3 aromatic rings. The van der Waals surface area contributed by atoms with Gasteiger partial charge in [-0.3, -0.25) is 0 Å². The Balaban J connectivity index is 1.31. The fourth-order valence-corrected chi connectivity index (χ4v) is 4.82. The van der Waals surface area contributed by atoms with E-state index < -0.39 is 12.3 Å². The number of aliphatic hydroxyl groups excluding tert-OH is 2. The molecule has 1 aromatic heterocycles. The van der Waals surface area contributed by atoms with Crippen molar-refractivity contribution in [2.75, 3.05) is 50.0 Å². The van der Waals surface area contributed by atoms with Gasteiger partial charge in [0, 0.05) is 43.9 Å². The first-order valence-electron chi connectivity index (χ1n) is 11.8. The molecule has 0 saturated carbocycles. The molecule has 2 atom stereocenters. The lowest BCUT2D eigenvalue weighted by Crippen LogP contribution is -2.35. The van der Waals surface area contributed by atoms with Gasteiger partial charge in [-0.15, -0.1) is 0 Å². The van der Waals surface area contributed by atoms with Crippen molar-refractivity contribution in [2.45, 2.75) is 31.5 Å². The summed E-state index contributed by atoms with van der Waals surface area (Å²) < 4.78 is 19.1. The van der Waals surface area contributed by atoms with E-state index in [1.54, 1.807) is 6.07 Å². The minimum absolute atomic E-state index is 0.224. The third-order valence-electron chi connectivity index (χ3n) is 6.71. The molecule has 4 N–H and O–H groups in total. The number of alkyl halides is 1. The number of benzene rings is 2. The van der Waals surface area contributed by atoms with E-state index in [2.05, 4.69) is 27.2 Å². The molecule has 2 unspecified atom stereocenters. The van der Waals surface area contributed by atoms with Crippen molar-refractivity contribution in [3.63, 3.8) is 0 Å². The number of anilines is 2. The molecule has 0 radical (unpaired) electrons. The zero-order chi connectivity index (χ0) is 23.7. The SMILES string of the molecule is Nc1cc(-c2nc(-c3ccc4c(c3)CCN(CC(O)CO)CC4)no2)ccc1N1CCC(F)C1. The number of rotatable bonds is 6. The second-order valence-electron chi connectivity index (χ2n) is 9.15. The van der Waals surface area contributed by atoms with E-state index in [-0.39, 0.29) is 6.61 Å². The Morgan fingerprint density at radius 3 is 2.62 bits per heavy atom. The van der Waals surface area contributed by atoms with Gasteiger partial charge < -0.3 is 30.3 Å². The first kappa shape index (κ1) is 22.8. The zero-order valence-electron chi connectivity index (χ0n) is 19.0. The van der Waals surface area contributed by atoms with Crippen LogP contribution < -0.4 is 10.6 Å². The molecule has 8 nitrogen and oxygen atoms in total. The first-order chi connectivity index (χ1) is 16.5. The van der Waals surface area contributed by atoms with Crippen LogP contribution >= 0.6 is 0 Å². The number of halogens is 1. The van der Waals surface area contributed by atoms with Crippen molar-refractivity contribution in [1.29, 1.82) is 0 Å². The number of hydrogen-bond donors (Lipinski definition) is 3. The maximum absolute atomic E-state index is 13.6. The maximum atomic E-state index is 13.6. The van der Waals surface area contributed by atoms with Gasteiger partial charge in [0.05, 0.1) is 24.1 Å². The van der Waals surface area contributed by atoms with Crippen LogP contribution in [0.4, 0.5) is 15.8 Å². The lowest BCUT2D eigenvalue weighted by molar-refractivity contribution is 0.0605. The highest BCUT2D eigenvalue weighted by Gasteiger charge is 2.24. The van der Waals surface area contributed by atoms with Gasteiger partial charge in [0.2, 0.25) is 5.82 Å². The van der Waals surface area contributed by atoms with Gasteiger partial charge in [0.1, 0.15) is 6.17 Å². The summed E-state index contributed by atoms with van der Waals surface area (Å²) in [5.41, 5.74) is 11.8. The predicted octanol–water partition coefficient (Wildman–Crippen LogP) is 2.29. The molecular formula is C25H30FN5O3. The molecule has 1 fully saturated rings. The summed E-state index contributed by atoms with van der Waals surface area (Å²) in [6, 6.07) is 11.8. The van der Waals surface area contributed by atoms with Crippen LogP contribution in [0.15, 0.2) is 40.9 Å². The molecule has 0 spiro atoms. The molecule has 2 aliphatic rings. The summed E-state index contributed by atoms with van der Waals surface area (Å²) in [7, 11) is 0. The van der Waals surface area contributed by atoms with Crippen molar-refractivity contribution >= 4 is 11.4 Å². The molecule has 3 heterocycles. The van der Waals surface area contributed by atoms with E-state index in [0.717, 1.165) is 42.7 Å². The summed E-state index contributed by atoms with van der Waals surface area (Å²) in [6.45, 7) is 2.94. The zero-order valence-corrected chi connectivity index (χ0v) is 19.0. The largest absolute Gasteiger partial charge is 0.397 e. The van der Waals surface area contributed by atoms with Crippen LogP contribution in [0.1, 0.15) is 17.5 Å². The number of nitrogen functional groups attached to an aromatic ring is 1. The number of fused-ring (bicyclic) bond motifs is 1. The molecule has 0 aliphatic carbocycles. The number of aliphatic hydroxyl groups is 2. The van der Waals surface area contributed by atoms with Crippen molar-refractivity contribution in [2.24, 2.45) is 0 Å². The van der Waals surface area contributed by atoms with Crippen molar-refractivity contribution in [3.8, 4) is 22.8 Å². The van der Waals surface area contributed by atoms with E-state index in [0.29, 0.717) is 43.5 Å². The van der Waals surface area contributed by atoms with E-state index in [1.165, 1.54) is 11.1 Å². The van der Waals surface area contributed by atoms with Crippen LogP contribution in [0.5, 0.6) is 0 Å². The monoisotopic (exact) mass is 467 g/mol. The average Bonchev–Trinajstić information content (AvgIpc) is 3.45. The van der Waals surface area contributed by atoms with Crippen molar-refractivity contribution in [3.05, 3.63) is 47.5 Å². The lowest BCUT2D eigenvalue weighted by Gasteiger charge is -2.21. The van der Waals surface area contributed by atoms with E-state index >= 15 is 0 Å². The van der Waals surface area contributed by atoms with Crippen LogP contribution in [0.25, 0.3) is 22.8 Å². The minimum Gasteiger partial charge on any atom is -0.397 e. The van der Waals surface area contributed by atoms with Crippen LogP contribution in [0.2, 0.25) is 0 Å². The summed E-state index contributed by atoms with van der Waals surface area (Å²) >= 11 is 0. The summed E-state index contributed by atoms with van der Waals surface area (Å²) in [6.07, 6.45) is 0.733. The van der Waals surface area contributed by atoms with Crippen molar-refractivity contribution < 1.29 is 19.1 Å². The third-order valence-corrected chi connectivity index (χ3v) is 6.71. The molecule has 0 bridgehead atoms. The maximum Gasteiger partial charge on any atom is 0.258 e. The molecule has 34 heavy (non-hydrogen) atoms. The van der Waals surface area contributed by atoms with E-state index in [1.807, 2.05) is 23.1 Å². The highest BCUT2D eigenvalue weighted by molar-refractivity contribution is 5.74. The van der Waals surface area contributed by atoms with Gasteiger partial charge in [0.15, 0.2) is 0 Å². The van der Waals surface area contributed by atoms with Gasteiger partial charge in [-0.1, -0.05) is 17.3 Å². The predicted molar refractivity (Wildman–Crippen MR) is 128 cm³/mol. The number of hydrogen-bond acceptors (Lipinski definition) is 8. The number of nitrogens with two attached hydrogens (primary N) is 1. The van der Waals surface area contributed by atoms with E-state index in [9.17, 15) is 9.50 Å². The topological polar surface area (TPSA) is 112 Å². The van der Waals surface area contributed by atoms with Gasteiger partial charge in [-0.05, 0) is 54.7 Å². The van der Waals surface area contributed by atoms with Crippen LogP contribution in [-0.2, 0) is 12.8 Å². The summed E-state index contributed by atoms with van der Waals surface area (Å²) in [5, 5.41) is 23.1. The first-order valence-corrected chi connectivity index (χ1v) is 11.8. The Bertz CT molecular complexity index is 1150. The average molecular weight is 468 g/mol. The normalized spacial score (nSPS) is 19.7. The highest BCUT2D eigenvalue weighted by atomic mass is 19.1. The molecule has 1 saturated heterocycles. The van der Waals surface area contributed by atoms with Gasteiger partial charge >= 0.3 is 0 Å². The molecule has 0 amide bonds. The molecular weight excluding hydrogens is 437 g/mol. The fraction of sp³-hybridized carbons (Fsp3) is 0.440. The minimum atomic E-state index is -0.811. The Morgan fingerprint density at radius 2 is 1.88 bits per heavy atom. The molecule has 9 heteroatoms. The lowest BCUT2D eigenvalue weighted by atomic mass is 10.00. The smallest absolute Gasteiger partial charge is 0.258 e. The number of aromatic nitrogens is 2.